The van der Waals surface area contributed by atoms with E-state index in [2.05, 4.69) is 20.4 Å². The zero-order valence-corrected chi connectivity index (χ0v) is 16.3. The van der Waals surface area contributed by atoms with E-state index >= 15 is 0 Å². The highest BCUT2D eigenvalue weighted by molar-refractivity contribution is 6.05. The number of benzene rings is 1. The van der Waals surface area contributed by atoms with E-state index < -0.39 is 11.8 Å². The van der Waals surface area contributed by atoms with Crippen LogP contribution in [0.15, 0.2) is 24.4 Å². The van der Waals surface area contributed by atoms with E-state index in [1.807, 2.05) is 4.68 Å². The van der Waals surface area contributed by atoms with Crippen molar-refractivity contribution < 1.29 is 18.7 Å². The van der Waals surface area contributed by atoms with Crippen LogP contribution < -0.4 is 5.32 Å². The molecule has 0 saturated carbocycles. The average Bonchev–Trinajstić information content (AvgIpc) is 3.10. The van der Waals surface area contributed by atoms with Crippen LogP contribution in [0.1, 0.15) is 35.4 Å². The lowest BCUT2D eigenvalue weighted by Gasteiger charge is -2.26. The number of carbonyl (C=O) groups excluding carboxylic acids is 1. The molecule has 29 heavy (non-hydrogen) atoms. The smallest absolute Gasteiger partial charge is 0.341 e. The monoisotopic (exact) mass is 399 g/mol. The predicted octanol–water partition coefficient (Wildman–Crippen LogP) is 2.72. The first-order chi connectivity index (χ1) is 14.1. The van der Waals surface area contributed by atoms with E-state index in [9.17, 15) is 9.18 Å². The summed E-state index contributed by atoms with van der Waals surface area (Å²) in [5.74, 6) is 0.668. The molecule has 1 N–H and O–H groups in total. The van der Waals surface area contributed by atoms with Crippen molar-refractivity contribution in [1.29, 1.82) is 0 Å². The van der Waals surface area contributed by atoms with Crippen LogP contribution in [0.25, 0.3) is 10.9 Å². The van der Waals surface area contributed by atoms with Crippen LogP contribution in [0.4, 0.5) is 10.1 Å². The highest BCUT2D eigenvalue weighted by atomic mass is 19.1. The molecule has 9 heteroatoms. The Morgan fingerprint density at radius 3 is 3.07 bits per heavy atom. The fraction of sp³-hybridized carbons (Fsp3) is 0.400. The molecule has 0 amide bonds. The summed E-state index contributed by atoms with van der Waals surface area (Å²) in [7, 11) is 1.61. The molecule has 1 aromatic carbocycles. The number of hydrogen-bond acceptors (Lipinski definition) is 7. The Morgan fingerprint density at radius 2 is 2.28 bits per heavy atom. The van der Waals surface area contributed by atoms with Gasteiger partial charge in [0.1, 0.15) is 23.8 Å². The number of pyridine rings is 1. The number of rotatable bonds is 6. The molecular formula is C20H22FN5O3. The third-order valence-electron chi connectivity index (χ3n) is 4.85. The normalized spacial score (nSPS) is 15.9. The van der Waals surface area contributed by atoms with Crippen molar-refractivity contribution in [3.8, 4) is 0 Å². The first kappa shape index (κ1) is 19.3. The minimum atomic E-state index is -0.492. The molecule has 0 saturated heterocycles. The number of esters is 1. The van der Waals surface area contributed by atoms with Gasteiger partial charge in [-0.2, -0.15) is 5.10 Å². The van der Waals surface area contributed by atoms with Crippen LogP contribution in [0, 0.1) is 5.82 Å². The van der Waals surface area contributed by atoms with Gasteiger partial charge in [0.25, 0.3) is 0 Å². The van der Waals surface area contributed by atoms with Gasteiger partial charge in [-0.05, 0) is 31.5 Å². The fourth-order valence-corrected chi connectivity index (χ4v) is 3.56. The first-order valence-electron chi connectivity index (χ1n) is 9.52. The third kappa shape index (κ3) is 3.91. The van der Waals surface area contributed by atoms with Crippen molar-refractivity contribution in [2.24, 2.45) is 0 Å². The Balaban J connectivity index is 1.68. The molecule has 0 radical (unpaired) electrons. The molecule has 0 fully saturated rings. The molecule has 4 rings (SSSR count). The maximum atomic E-state index is 13.9. The predicted molar refractivity (Wildman–Crippen MR) is 104 cm³/mol. The van der Waals surface area contributed by atoms with E-state index in [0.29, 0.717) is 35.6 Å². The Labute approximate surface area is 167 Å². The second-order valence-corrected chi connectivity index (χ2v) is 6.87. The van der Waals surface area contributed by atoms with Crippen molar-refractivity contribution in [3.63, 3.8) is 0 Å². The largest absolute Gasteiger partial charge is 0.462 e. The number of methoxy groups -OCH3 is 1. The van der Waals surface area contributed by atoms with E-state index in [-0.39, 0.29) is 18.2 Å². The highest BCUT2D eigenvalue weighted by Crippen LogP contribution is 2.29. The number of nitrogens with one attached hydrogen (secondary N) is 1. The lowest BCUT2D eigenvalue weighted by molar-refractivity contribution is 0.0527. The minimum absolute atomic E-state index is 0.0124. The number of halogens is 1. The topological polar surface area (TPSA) is 91.2 Å². The van der Waals surface area contributed by atoms with Gasteiger partial charge in [-0.1, -0.05) is 0 Å². The van der Waals surface area contributed by atoms with Crippen LogP contribution in [0.5, 0.6) is 0 Å². The van der Waals surface area contributed by atoms with Crippen molar-refractivity contribution in [2.45, 2.75) is 39.0 Å². The molecule has 0 aliphatic carbocycles. The quantitative estimate of drug-likeness (QED) is 0.637. The lowest BCUT2D eigenvalue weighted by Crippen LogP contribution is -2.32. The van der Waals surface area contributed by atoms with Gasteiger partial charge in [0, 0.05) is 31.2 Å². The summed E-state index contributed by atoms with van der Waals surface area (Å²) in [5, 5.41) is 8.43. The molecule has 1 unspecified atom stereocenters. The number of nitrogens with zero attached hydrogens (tertiary/aromatic N) is 4. The molecule has 0 bridgehead atoms. The standard InChI is InChI=1S/C20H22FN5O3/c1-3-29-20(27)15-9-22-16-6-4-12(21)8-14(16)19(15)23-13-5-7-18-24-17(11-28-2)25-26(18)10-13/h4,6,8-9,13H,3,5,7,10-11H2,1-2H3,(H,22,23). The average molecular weight is 399 g/mol. The zero-order chi connectivity index (χ0) is 20.4. The van der Waals surface area contributed by atoms with Crippen LogP contribution in [-0.2, 0) is 29.0 Å². The number of aromatic nitrogens is 4. The summed E-state index contributed by atoms with van der Waals surface area (Å²) in [5.41, 5.74) is 1.41. The summed E-state index contributed by atoms with van der Waals surface area (Å²) in [6, 6.07) is 4.32. The van der Waals surface area contributed by atoms with Gasteiger partial charge in [-0.15, -0.1) is 0 Å². The van der Waals surface area contributed by atoms with E-state index in [1.54, 1.807) is 20.1 Å². The van der Waals surface area contributed by atoms with E-state index in [1.165, 1.54) is 18.3 Å². The Kier molecular flexibility index (Phi) is 5.39. The molecule has 1 aliphatic heterocycles. The van der Waals surface area contributed by atoms with Crippen molar-refractivity contribution in [1.82, 2.24) is 19.7 Å². The molecule has 8 nitrogen and oxygen atoms in total. The Hall–Kier alpha value is -3.07. The lowest BCUT2D eigenvalue weighted by atomic mass is 10.0. The third-order valence-corrected chi connectivity index (χ3v) is 4.85. The van der Waals surface area contributed by atoms with Crippen molar-refractivity contribution in [3.05, 3.63) is 47.4 Å². The van der Waals surface area contributed by atoms with Gasteiger partial charge in [0.15, 0.2) is 5.82 Å². The fourth-order valence-electron chi connectivity index (χ4n) is 3.56. The van der Waals surface area contributed by atoms with Crippen molar-refractivity contribution >= 4 is 22.6 Å². The SMILES string of the molecule is CCOC(=O)c1cnc2ccc(F)cc2c1NC1CCc2nc(COC)nn2C1. The number of fused-ring (bicyclic) bond motifs is 2. The van der Waals surface area contributed by atoms with Crippen LogP contribution in [0.2, 0.25) is 0 Å². The summed E-state index contributed by atoms with van der Waals surface area (Å²) in [4.78, 5) is 21.2. The Bertz CT molecular complexity index is 1050. The van der Waals surface area contributed by atoms with Gasteiger partial charge >= 0.3 is 5.97 Å². The van der Waals surface area contributed by atoms with E-state index in [0.717, 1.165) is 18.7 Å². The van der Waals surface area contributed by atoms with Gasteiger partial charge in [0.05, 0.1) is 24.4 Å². The summed E-state index contributed by atoms with van der Waals surface area (Å²) < 4.78 is 26.1. The van der Waals surface area contributed by atoms with Gasteiger partial charge in [0.2, 0.25) is 0 Å². The van der Waals surface area contributed by atoms with Crippen LogP contribution >= 0.6 is 0 Å². The first-order valence-corrected chi connectivity index (χ1v) is 9.52. The Morgan fingerprint density at radius 1 is 1.41 bits per heavy atom. The number of hydrogen-bond donors (Lipinski definition) is 1. The number of aryl methyl sites for hydroxylation is 1. The molecule has 3 heterocycles. The van der Waals surface area contributed by atoms with Crippen molar-refractivity contribution in [2.75, 3.05) is 19.0 Å². The summed E-state index contributed by atoms with van der Waals surface area (Å²) in [6.45, 7) is 2.92. The maximum absolute atomic E-state index is 13.9. The second kappa shape index (κ2) is 8.12. The highest BCUT2D eigenvalue weighted by Gasteiger charge is 2.25. The number of carbonyl (C=O) groups is 1. The molecule has 1 atom stereocenters. The minimum Gasteiger partial charge on any atom is -0.462 e. The molecule has 0 spiro atoms. The van der Waals surface area contributed by atoms with Crippen LogP contribution in [-0.4, -0.2) is 45.5 Å². The van der Waals surface area contributed by atoms with Gasteiger partial charge in [-0.25, -0.2) is 18.9 Å². The number of ether oxygens (including phenoxy) is 2. The molecule has 152 valence electrons. The molecule has 1 aliphatic rings. The molecular weight excluding hydrogens is 377 g/mol. The maximum Gasteiger partial charge on any atom is 0.341 e. The second-order valence-electron chi connectivity index (χ2n) is 6.87. The van der Waals surface area contributed by atoms with E-state index in [4.69, 9.17) is 9.47 Å². The summed E-state index contributed by atoms with van der Waals surface area (Å²) >= 11 is 0. The van der Waals surface area contributed by atoms with Gasteiger partial charge in [-0.3, -0.25) is 4.98 Å². The molecule has 2 aromatic heterocycles. The molecule has 3 aromatic rings. The van der Waals surface area contributed by atoms with Gasteiger partial charge < -0.3 is 14.8 Å². The number of anilines is 1. The zero-order valence-electron chi connectivity index (χ0n) is 16.3. The summed E-state index contributed by atoms with van der Waals surface area (Å²) in [6.07, 6.45) is 3.01. The van der Waals surface area contributed by atoms with Crippen LogP contribution in [0.3, 0.4) is 0 Å².